The SMILES string of the molecule is COc1ccc(NC(=O)Cn2nc3nc(N4CCCC[C@H]4C)ccn3c2=O)cc1. The number of piperidine rings is 1. The second-order valence-electron chi connectivity index (χ2n) is 7.21. The minimum atomic E-state index is -0.393. The van der Waals surface area contributed by atoms with Gasteiger partial charge in [0.2, 0.25) is 5.91 Å². The van der Waals surface area contributed by atoms with Crippen LogP contribution in [0.15, 0.2) is 41.3 Å². The molecule has 9 nitrogen and oxygen atoms in total. The number of aromatic nitrogens is 4. The van der Waals surface area contributed by atoms with Gasteiger partial charge in [-0.1, -0.05) is 0 Å². The Hall–Kier alpha value is -3.36. The average Bonchev–Trinajstić information content (AvgIpc) is 3.03. The van der Waals surface area contributed by atoms with Crippen molar-refractivity contribution in [2.75, 3.05) is 23.9 Å². The summed E-state index contributed by atoms with van der Waals surface area (Å²) in [6, 6.07) is 9.20. The van der Waals surface area contributed by atoms with Crippen molar-refractivity contribution in [3.8, 4) is 5.75 Å². The number of nitrogens with one attached hydrogen (secondary N) is 1. The Morgan fingerprint density at radius 3 is 2.76 bits per heavy atom. The smallest absolute Gasteiger partial charge is 0.352 e. The first-order valence-corrected chi connectivity index (χ1v) is 9.72. The highest BCUT2D eigenvalue weighted by atomic mass is 16.5. The highest BCUT2D eigenvalue weighted by Gasteiger charge is 2.21. The summed E-state index contributed by atoms with van der Waals surface area (Å²) in [6.07, 6.45) is 5.15. The first-order chi connectivity index (χ1) is 14.0. The molecule has 2 aromatic heterocycles. The van der Waals surface area contributed by atoms with Gasteiger partial charge in [-0.2, -0.15) is 4.98 Å². The first-order valence-electron chi connectivity index (χ1n) is 9.72. The number of carbonyl (C=O) groups is 1. The van der Waals surface area contributed by atoms with E-state index in [1.54, 1.807) is 37.6 Å². The fourth-order valence-corrected chi connectivity index (χ4v) is 3.61. The number of carbonyl (C=O) groups excluding carboxylic acids is 1. The van der Waals surface area contributed by atoms with E-state index in [1.807, 2.05) is 6.07 Å². The highest BCUT2D eigenvalue weighted by molar-refractivity contribution is 5.90. The van der Waals surface area contributed by atoms with Crippen molar-refractivity contribution in [3.63, 3.8) is 0 Å². The van der Waals surface area contributed by atoms with Crippen LogP contribution in [0.3, 0.4) is 0 Å². The summed E-state index contributed by atoms with van der Waals surface area (Å²) in [7, 11) is 1.58. The van der Waals surface area contributed by atoms with Crippen molar-refractivity contribution < 1.29 is 9.53 Å². The van der Waals surface area contributed by atoms with Crippen LogP contribution in [0, 0.1) is 0 Å². The third-order valence-electron chi connectivity index (χ3n) is 5.20. The number of benzene rings is 1. The Morgan fingerprint density at radius 2 is 2.03 bits per heavy atom. The highest BCUT2D eigenvalue weighted by Crippen LogP contribution is 2.22. The van der Waals surface area contributed by atoms with Gasteiger partial charge in [0.25, 0.3) is 5.78 Å². The molecule has 0 bridgehead atoms. The molecule has 0 saturated carbocycles. The predicted molar refractivity (Wildman–Crippen MR) is 110 cm³/mol. The Bertz CT molecular complexity index is 1070. The number of fused-ring (bicyclic) bond motifs is 1. The van der Waals surface area contributed by atoms with Gasteiger partial charge in [-0.3, -0.25) is 4.79 Å². The zero-order valence-corrected chi connectivity index (χ0v) is 16.5. The molecule has 1 fully saturated rings. The summed E-state index contributed by atoms with van der Waals surface area (Å²) < 4.78 is 7.59. The standard InChI is InChI=1S/C20H24N6O3/c1-14-5-3-4-11-24(14)17-10-12-25-19(22-17)23-26(20(25)28)13-18(27)21-15-6-8-16(29-2)9-7-15/h6-10,12,14H,3-5,11,13H2,1-2H3,(H,21,27)/t14-/m1/s1. The molecule has 3 heterocycles. The van der Waals surface area contributed by atoms with Gasteiger partial charge in [-0.25, -0.2) is 13.9 Å². The maximum absolute atomic E-state index is 12.6. The Labute approximate surface area is 167 Å². The molecule has 4 rings (SSSR count). The van der Waals surface area contributed by atoms with Crippen LogP contribution in [0.25, 0.3) is 5.78 Å². The normalized spacial score (nSPS) is 16.8. The lowest BCUT2D eigenvalue weighted by Gasteiger charge is -2.34. The number of anilines is 2. The summed E-state index contributed by atoms with van der Waals surface area (Å²) in [4.78, 5) is 31.7. The molecule has 9 heteroatoms. The van der Waals surface area contributed by atoms with E-state index in [9.17, 15) is 9.59 Å². The quantitative estimate of drug-likeness (QED) is 0.708. The summed E-state index contributed by atoms with van der Waals surface area (Å²) in [5.74, 6) is 1.46. The molecule has 152 valence electrons. The molecule has 1 aliphatic heterocycles. The van der Waals surface area contributed by atoms with Crippen molar-refractivity contribution in [1.82, 2.24) is 19.2 Å². The number of methoxy groups -OCH3 is 1. The van der Waals surface area contributed by atoms with Gasteiger partial charge < -0.3 is 15.0 Å². The van der Waals surface area contributed by atoms with Crippen molar-refractivity contribution in [2.24, 2.45) is 0 Å². The first kappa shape index (κ1) is 19.0. The zero-order chi connectivity index (χ0) is 20.4. The minimum Gasteiger partial charge on any atom is -0.497 e. The number of hydrogen-bond acceptors (Lipinski definition) is 6. The molecule has 1 N–H and O–H groups in total. The van der Waals surface area contributed by atoms with Crippen molar-refractivity contribution in [1.29, 1.82) is 0 Å². The second-order valence-corrected chi connectivity index (χ2v) is 7.21. The van der Waals surface area contributed by atoms with Crippen molar-refractivity contribution in [3.05, 3.63) is 47.0 Å². The van der Waals surface area contributed by atoms with Crippen LogP contribution in [0.2, 0.25) is 0 Å². The van der Waals surface area contributed by atoms with E-state index in [4.69, 9.17) is 4.74 Å². The lowest BCUT2D eigenvalue weighted by molar-refractivity contribution is -0.117. The Kier molecular flexibility index (Phi) is 5.20. The minimum absolute atomic E-state index is 0.191. The third-order valence-corrected chi connectivity index (χ3v) is 5.20. The van der Waals surface area contributed by atoms with Crippen molar-refractivity contribution >= 4 is 23.2 Å². The molecule has 0 aliphatic carbocycles. The van der Waals surface area contributed by atoms with Gasteiger partial charge in [0.05, 0.1) is 7.11 Å². The monoisotopic (exact) mass is 396 g/mol. The molecular formula is C20H24N6O3. The van der Waals surface area contributed by atoms with Gasteiger partial charge in [0.15, 0.2) is 0 Å². The average molecular weight is 396 g/mol. The molecule has 1 atom stereocenters. The van der Waals surface area contributed by atoms with E-state index in [-0.39, 0.29) is 12.5 Å². The van der Waals surface area contributed by atoms with Crippen LogP contribution in [-0.4, -0.2) is 44.8 Å². The lowest BCUT2D eigenvalue weighted by Crippen LogP contribution is -2.38. The Morgan fingerprint density at radius 1 is 1.24 bits per heavy atom. The van der Waals surface area contributed by atoms with Crippen LogP contribution in [0.5, 0.6) is 5.75 Å². The number of nitrogens with zero attached hydrogens (tertiary/aromatic N) is 5. The van der Waals surface area contributed by atoms with Gasteiger partial charge in [-0.05, 0) is 56.5 Å². The largest absolute Gasteiger partial charge is 0.497 e. The predicted octanol–water partition coefficient (Wildman–Crippen LogP) is 1.92. The van der Waals surface area contributed by atoms with E-state index in [0.29, 0.717) is 23.3 Å². The van der Waals surface area contributed by atoms with Crippen LogP contribution in [0.1, 0.15) is 26.2 Å². The van der Waals surface area contributed by atoms with E-state index >= 15 is 0 Å². The summed E-state index contributed by atoms with van der Waals surface area (Å²) >= 11 is 0. The van der Waals surface area contributed by atoms with Crippen LogP contribution in [0.4, 0.5) is 11.5 Å². The summed E-state index contributed by atoms with van der Waals surface area (Å²) in [5, 5.41) is 7.00. The van der Waals surface area contributed by atoms with Crippen LogP contribution in [-0.2, 0) is 11.3 Å². The summed E-state index contributed by atoms with van der Waals surface area (Å²) in [6.45, 7) is 2.93. The number of amides is 1. The topological polar surface area (TPSA) is 93.8 Å². The van der Waals surface area contributed by atoms with E-state index in [0.717, 1.165) is 29.9 Å². The third kappa shape index (κ3) is 3.94. The molecule has 1 aliphatic rings. The van der Waals surface area contributed by atoms with Crippen molar-refractivity contribution in [2.45, 2.75) is 38.8 Å². The van der Waals surface area contributed by atoms with E-state index in [2.05, 4.69) is 27.2 Å². The zero-order valence-electron chi connectivity index (χ0n) is 16.5. The fraction of sp³-hybridized carbons (Fsp3) is 0.400. The molecule has 0 spiro atoms. The molecule has 29 heavy (non-hydrogen) atoms. The molecule has 3 aromatic rings. The van der Waals surface area contributed by atoms with Gasteiger partial charge in [0, 0.05) is 24.5 Å². The van der Waals surface area contributed by atoms with Crippen LogP contribution >= 0.6 is 0 Å². The molecule has 1 saturated heterocycles. The van der Waals surface area contributed by atoms with Gasteiger partial charge >= 0.3 is 5.69 Å². The molecule has 1 amide bonds. The summed E-state index contributed by atoms with van der Waals surface area (Å²) in [5.41, 5.74) is 0.225. The Balaban J connectivity index is 1.52. The van der Waals surface area contributed by atoms with Gasteiger partial charge in [0.1, 0.15) is 18.1 Å². The molecule has 0 radical (unpaired) electrons. The van der Waals surface area contributed by atoms with Crippen LogP contribution < -0.4 is 20.6 Å². The lowest BCUT2D eigenvalue weighted by atomic mass is 10.0. The molecular weight excluding hydrogens is 372 g/mol. The van der Waals surface area contributed by atoms with Gasteiger partial charge in [-0.15, -0.1) is 5.10 Å². The van der Waals surface area contributed by atoms with E-state index in [1.165, 1.54) is 10.8 Å². The number of rotatable bonds is 5. The molecule has 0 unspecified atom stereocenters. The molecule has 1 aromatic carbocycles. The number of ether oxygens (including phenoxy) is 1. The maximum atomic E-state index is 12.6. The van der Waals surface area contributed by atoms with E-state index < -0.39 is 5.69 Å². The fourth-order valence-electron chi connectivity index (χ4n) is 3.61. The maximum Gasteiger partial charge on any atom is 0.352 e. The second kappa shape index (κ2) is 7.94. The number of hydrogen-bond donors (Lipinski definition) is 1.